The van der Waals surface area contributed by atoms with Crippen LogP contribution in [0.25, 0.3) is 0 Å². The fourth-order valence-electron chi connectivity index (χ4n) is 1.39. The molecule has 0 saturated heterocycles. The van der Waals surface area contributed by atoms with E-state index >= 15 is 0 Å². The maximum atomic E-state index is 11.8. The minimum Gasteiger partial charge on any atom is -0.496 e. The molecule has 17 heavy (non-hydrogen) atoms. The number of carbonyl (C=O) groups is 1. The van der Waals surface area contributed by atoms with E-state index < -0.39 is 0 Å². The Balaban J connectivity index is 2.49. The molecule has 0 atom stereocenters. The summed E-state index contributed by atoms with van der Waals surface area (Å²) >= 11 is 4.75. The van der Waals surface area contributed by atoms with Crippen LogP contribution in [0.3, 0.4) is 0 Å². The number of rotatable bonds is 6. The van der Waals surface area contributed by atoms with Gasteiger partial charge in [-0.05, 0) is 25.0 Å². The lowest BCUT2D eigenvalue weighted by Crippen LogP contribution is -2.25. The summed E-state index contributed by atoms with van der Waals surface area (Å²) in [6.45, 7) is 0.550. The van der Waals surface area contributed by atoms with E-state index in [2.05, 4.69) is 5.32 Å². The van der Waals surface area contributed by atoms with Crippen LogP contribution in [0.4, 0.5) is 0 Å². The van der Waals surface area contributed by atoms with Crippen LogP contribution < -0.4 is 15.8 Å². The van der Waals surface area contributed by atoms with Gasteiger partial charge in [0.1, 0.15) is 5.75 Å². The summed E-state index contributed by atoms with van der Waals surface area (Å²) in [5, 5.41) is 2.79. The van der Waals surface area contributed by atoms with Gasteiger partial charge in [0.2, 0.25) is 0 Å². The summed E-state index contributed by atoms with van der Waals surface area (Å²) in [5.41, 5.74) is 5.90. The van der Waals surface area contributed by atoms with Crippen molar-refractivity contribution in [2.45, 2.75) is 12.8 Å². The van der Waals surface area contributed by atoms with Crippen molar-refractivity contribution in [1.82, 2.24) is 5.32 Å². The van der Waals surface area contributed by atoms with Gasteiger partial charge in [-0.15, -0.1) is 0 Å². The molecule has 0 aliphatic carbocycles. The molecule has 0 saturated carbocycles. The number of benzene rings is 1. The molecule has 1 aromatic carbocycles. The molecule has 4 nitrogen and oxygen atoms in total. The van der Waals surface area contributed by atoms with Gasteiger partial charge in [0.15, 0.2) is 0 Å². The molecule has 1 rings (SSSR count). The molecule has 92 valence electrons. The van der Waals surface area contributed by atoms with Crippen LogP contribution >= 0.6 is 12.2 Å². The number of methoxy groups -OCH3 is 1. The molecule has 0 aromatic heterocycles. The van der Waals surface area contributed by atoms with E-state index in [-0.39, 0.29) is 5.91 Å². The summed E-state index contributed by atoms with van der Waals surface area (Å²) < 4.78 is 5.11. The number of hydrogen-bond acceptors (Lipinski definition) is 3. The van der Waals surface area contributed by atoms with E-state index in [1.54, 1.807) is 25.3 Å². The Kier molecular flexibility index (Phi) is 5.42. The predicted octanol–water partition coefficient (Wildman–Crippen LogP) is 1.49. The Labute approximate surface area is 106 Å². The maximum absolute atomic E-state index is 11.8. The Hall–Kier alpha value is -1.62. The molecule has 0 spiro atoms. The molecule has 0 fully saturated rings. The second-order valence-electron chi connectivity index (χ2n) is 3.53. The van der Waals surface area contributed by atoms with Gasteiger partial charge in [-0.25, -0.2) is 0 Å². The second kappa shape index (κ2) is 6.85. The zero-order valence-electron chi connectivity index (χ0n) is 9.73. The highest BCUT2D eigenvalue weighted by Gasteiger charge is 2.10. The highest BCUT2D eigenvalue weighted by Crippen LogP contribution is 2.16. The first-order valence-corrected chi connectivity index (χ1v) is 5.75. The zero-order valence-corrected chi connectivity index (χ0v) is 10.5. The lowest BCUT2D eigenvalue weighted by atomic mass is 10.2. The minimum atomic E-state index is -0.148. The average Bonchev–Trinajstić information content (AvgIpc) is 2.34. The van der Waals surface area contributed by atoms with Crippen LogP contribution in [0.2, 0.25) is 0 Å². The van der Waals surface area contributed by atoms with Crippen LogP contribution in [0.1, 0.15) is 23.2 Å². The van der Waals surface area contributed by atoms with Gasteiger partial charge in [-0.2, -0.15) is 0 Å². The van der Waals surface area contributed by atoms with Crippen LogP contribution in [0, 0.1) is 0 Å². The van der Waals surface area contributed by atoms with E-state index in [4.69, 9.17) is 22.7 Å². The normalized spacial score (nSPS) is 9.71. The highest BCUT2D eigenvalue weighted by atomic mass is 32.1. The third kappa shape index (κ3) is 4.40. The third-order valence-corrected chi connectivity index (χ3v) is 2.44. The van der Waals surface area contributed by atoms with Gasteiger partial charge < -0.3 is 15.8 Å². The average molecular weight is 252 g/mol. The summed E-state index contributed by atoms with van der Waals surface area (Å²) in [5.74, 6) is 0.421. The molecular weight excluding hydrogens is 236 g/mol. The van der Waals surface area contributed by atoms with Gasteiger partial charge in [0, 0.05) is 6.54 Å². The van der Waals surface area contributed by atoms with Crippen molar-refractivity contribution >= 4 is 23.1 Å². The fourth-order valence-corrected chi connectivity index (χ4v) is 1.54. The number of nitrogens with two attached hydrogens (primary N) is 1. The molecule has 0 heterocycles. The van der Waals surface area contributed by atoms with Gasteiger partial charge in [-0.1, -0.05) is 24.4 Å². The number of carbonyl (C=O) groups excluding carboxylic acids is 1. The smallest absolute Gasteiger partial charge is 0.255 e. The Morgan fingerprint density at radius 1 is 1.47 bits per heavy atom. The summed E-state index contributed by atoms with van der Waals surface area (Å²) in [4.78, 5) is 12.3. The molecule has 5 heteroatoms. The standard InChI is InChI=1S/C12H16N2O2S/c1-16-10-6-3-2-5-9(10)12(15)14-8-4-7-11(13)17/h2-3,5-6H,4,7-8H2,1H3,(H2,13,17)(H,14,15). The molecule has 1 amide bonds. The topological polar surface area (TPSA) is 64.3 Å². The van der Waals surface area contributed by atoms with E-state index in [9.17, 15) is 4.79 Å². The van der Waals surface area contributed by atoms with Crippen LogP contribution in [0.5, 0.6) is 5.75 Å². The Bertz CT molecular complexity index is 407. The van der Waals surface area contributed by atoms with Crippen molar-refractivity contribution in [3.8, 4) is 5.75 Å². The maximum Gasteiger partial charge on any atom is 0.255 e. The van der Waals surface area contributed by atoms with E-state index in [1.165, 1.54) is 0 Å². The van der Waals surface area contributed by atoms with Crippen LogP contribution in [-0.2, 0) is 0 Å². The Morgan fingerprint density at radius 2 is 2.18 bits per heavy atom. The van der Waals surface area contributed by atoms with Crippen molar-refractivity contribution in [2.24, 2.45) is 5.73 Å². The molecule has 0 bridgehead atoms. The molecule has 1 aromatic rings. The molecule has 0 radical (unpaired) electrons. The quantitative estimate of drug-likeness (QED) is 0.595. The number of amides is 1. The van der Waals surface area contributed by atoms with Gasteiger partial charge in [-0.3, -0.25) is 4.79 Å². The van der Waals surface area contributed by atoms with Gasteiger partial charge >= 0.3 is 0 Å². The van der Waals surface area contributed by atoms with Crippen LogP contribution in [-0.4, -0.2) is 24.6 Å². The number of ether oxygens (including phenoxy) is 1. The molecule has 0 aliphatic heterocycles. The molecule has 0 unspecified atom stereocenters. The van der Waals surface area contributed by atoms with Crippen molar-refractivity contribution in [1.29, 1.82) is 0 Å². The monoisotopic (exact) mass is 252 g/mol. The lowest BCUT2D eigenvalue weighted by Gasteiger charge is -2.08. The van der Waals surface area contributed by atoms with E-state index in [0.717, 1.165) is 6.42 Å². The zero-order chi connectivity index (χ0) is 12.7. The number of para-hydroxylation sites is 1. The summed E-state index contributed by atoms with van der Waals surface area (Å²) in [7, 11) is 1.54. The SMILES string of the molecule is COc1ccccc1C(=O)NCCCC(N)=S. The molecule has 3 N–H and O–H groups in total. The second-order valence-corrected chi connectivity index (χ2v) is 4.05. The van der Waals surface area contributed by atoms with Crippen molar-refractivity contribution < 1.29 is 9.53 Å². The largest absolute Gasteiger partial charge is 0.496 e. The number of thiocarbonyl (C=S) groups is 1. The van der Waals surface area contributed by atoms with Crippen molar-refractivity contribution in [3.05, 3.63) is 29.8 Å². The number of nitrogens with one attached hydrogen (secondary N) is 1. The third-order valence-electron chi connectivity index (χ3n) is 2.24. The first kappa shape index (κ1) is 13.4. The predicted molar refractivity (Wildman–Crippen MR) is 71.3 cm³/mol. The lowest BCUT2D eigenvalue weighted by molar-refractivity contribution is 0.0950. The molecular formula is C12H16N2O2S. The highest BCUT2D eigenvalue weighted by molar-refractivity contribution is 7.80. The van der Waals surface area contributed by atoms with E-state index in [1.807, 2.05) is 6.07 Å². The van der Waals surface area contributed by atoms with Crippen LogP contribution in [0.15, 0.2) is 24.3 Å². The first-order valence-electron chi connectivity index (χ1n) is 5.34. The van der Waals surface area contributed by atoms with Gasteiger partial charge in [0.05, 0.1) is 17.7 Å². The van der Waals surface area contributed by atoms with E-state index in [0.29, 0.717) is 29.3 Å². The molecule has 0 aliphatic rings. The minimum absolute atomic E-state index is 0.148. The first-order chi connectivity index (χ1) is 8.15. The summed E-state index contributed by atoms with van der Waals surface area (Å²) in [6, 6.07) is 7.10. The summed E-state index contributed by atoms with van der Waals surface area (Å²) in [6.07, 6.45) is 1.39. The number of hydrogen-bond donors (Lipinski definition) is 2. The van der Waals surface area contributed by atoms with Crippen molar-refractivity contribution in [3.63, 3.8) is 0 Å². The Morgan fingerprint density at radius 3 is 2.82 bits per heavy atom. The van der Waals surface area contributed by atoms with Crippen molar-refractivity contribution in [2.75, 3.05) is 13.7 Å². The fraction of sp³-hybridized carbons (Fsp3) is 0.333. The van der Waals surface area contributed by atoms with Gasteiger partial charge in [0.25, 0.3) is 5.91 Å².